The Bertz CT molecular complexity index is 481. The van der Waals surface area contributed by atoms with E-state index in [-0.39, 0.29) is 0 Å². The molecule has 1 atom stereocenters. The van der Waals surface area contributed by atoms with Gasteiger partial charge in [0.05, 0.1) is 11.4 Å². The van der Waals surface area contributed by atoms with Crippen molar-refractivity contribution in [1.29, 1.82) is 0 Å². The van der Waals surface area contributed by atoms with Crippen LogP contribution in [-0.2, 0) is 0 Å². The first-order valence-corrected chi connectivity index (χ1v) is 7.39. The molecule has 0 fully saturated rings. The Kier molecular flexibility index (Phi) is 5.31. The number of nitrogens with one attached hydrogen (secondary N) is 1. The number of para-hydroxylation sites is 1. The van der Waals surface area contributed by atoms with Crippen LogP contribution in [0.3, 0.4) is 0 Å². The van der Waals surface area contributed by atoms with Gasteiger partial charge in [0, 0.05) is 12.1 Å². The summed E-state index contributed by atoms with van der Waals surface area (Å²) >= 11 is 0. The maximum atomic E-state index is 4.60. The van der Waals surface area contributed by atoms with Crippen molar-refractivity contribution in [3.63, 3.8) is 0 Å². The van der Waals surface area contributed by atoms with Gasteiger partial charge in [0.15, 0.2) is 0 Å². The second-order valence-corrected chi connectivity index (χ2v) is 5.81. The molecule has 1 aliphatic carbocycles. The van der Waals surface area contributed by atoms with E-state index in [0.29, 0.717) is 12.1 Å². The summed E-state index contributed by atoms with van der Waals surface area (Å²) in [6, 6.07) is 10.9. The molecule has 2 rings (SSSR count). The van der Waals surface area contributed by atoms with E-state index in [1.807, 2.05) is 30.3 Å². The van der Waals surface area contributed by atoms with Crippen molar-refractivity contribution in [2.24, 2.45) is 10.9 Å². The monoisotopic (exact) mass is 268 g/mol. The van der Waals surface area contributed by atoms with Crippen molar-refractivity contribution in [1.82, 2.24) is 5.32 Å². The lowest BCUT2D eigenvalue weighted by Crippen LogP contribution is -2.35. The summed E-state index contributed by atoms with van der Waals surface area (Å²) in [4.78, 5) is 4.60. The van der Waals surface area contributed by atoms with Gasteiger partial charge in [-0.15, -0.1) is 0 Å². The summed E-state index contributed by atoms with van der Waals surface area (Å²) in [6.45, 7) is 6.76. The van der Waals surface area contributed by atoms with Crippen LogP contribution in [0.25, 0.3) is 0 Å². The fraction of sp³-hybridized carbons (Fsp3) is 0.389. The minimum atomic E-state index is 0.318. The molecule has 0 amide bonds. The fourth-order valence-corrected chi connectivity index (χ4v) is 2.47. The highest BCUT2D eigenvalue weighted by Crippen LogP contribution is 2.13. The van der Waals surface area contributed by atoms with Crippen LogP contribution < -0.4 is 5.32 Å². The van der Waals surface area contributed by atoms with E-state index in [2.05, 4.69) is 55.4 Å². The number of hydrogen-bond acceptors (Lipinski definition) is 2. The Morgan fingerprint density at radius 3 is 2.30 bits per heavy atom. The average molecular weight is 268 g/mol. The van der Waals surface area contributed by atoms with E-state index < -0.39 is 0 Å². The van der Waals surface area contributed by atoms with Crippen LogP contribution in [0.2, 0.25) is 0 Å². The van der Waals surface area contributed by atoms with Crippen LogP contribution in [0.15, 0.2) is 59.6 Å². The van der Waals surface area contributed by atoms with Gasteiger partial charge in [-0.1, -0.05) is 44.2 Å². The Balaban J connectivity index is 1.91. The zero-order chi connectivity index (χ0) is 14.4. The first kappa shape index (κ1) is 14.7. The SMILES string of the molecule is CC(C)CC(C)NC1C=CC(=Nc2ccccc2)C=C1. The van der Waals surface area contributed by atoms with Crippen molar-refractivity contribution < 1.29 is 0 Å². The molecule has 1 aromatic carbocycles. The van der Waals surface area contributed by atoms with Crippen molar-refractivity contribution in [3.05, 3.63) is 54.6 Å². The molecule has 1 aromatic rings. The lowest BCUT2D eigenvalue weighted by molar-refractivity contribution is 0.437. The molecule has 0 spiro atoms. The van der Waals surface area contributed by atoms with Gasteiger partial charge in [-0.2, -0.15) is 0 Å². The molecule has 0 radical (unpaired) electrons. The maximum Gasteiger partial charge on any atom is 0.0636 e. The summed E-state index contributed by atoms with van der Waals surface area (Å²) in [5, 5.41) is 3.61. The smallest absolute Gasteiger partial charge is 0.0636 e. The lowest BCUT2D eigenvalue weighted by atomic mass is 10.0. The molecule has 1 N–H and O–H groups in total. The van der Waals surface area contributed by atoms with Crippen LogP contribution in [0.4, 0.5) is 5.69 Å². The van der Waals surface area contributed by atoms with Gasteiger partial charge in [-0.3, -0.25) is 0 Å². The van der Waals surface area contributed by atoms with E-state index in [4.69, 9.17) is 0 Å². The number of nitrogens with zero attached hydrogens (tertiary/aromatic N) is 1. The molecule has 2 heteroatoms. The third-order valence-electron chi connectivity index (χ3n) is 3.26. The minimum Gasteiger partial charge on any atom is -0.305 e. The largest absolute Gasteiger partial charge is 0.305 e. The third-order valence-corrected chi connectivity index (χ3v) is 3.26. The van der Waals surface area contributed by atoms with Crippen molar-refractivity contribution >= 4 is 11.4 Å². The first-order chi connectivity index (χ1) is 9.63. The Labute approximate surface area is 122 Å². The topological polar surface area (TPSA) is 24.4 Å². The van der Waals surface area contributed by atoms with Gasteiger partial charge in [-0.25, -0.2) is 4.99 Å². The molecular formula is C18H24N2. The highest BCUT2D eigenvalue weighted by molar-refractivity contribution is 6.06. The molecule has 1 aliphatic rings. The van der Waals surface area contributed by atoms with Gasteiger partial charge in [0.25, 0.3) is 0 Å². The van der Waals surface area contributed by atoms with Crippen LogP contribution in [0.1, 0.15) is 27.2 Å². The van der Waals surface area contributed by atoms with Crippen LogP contribution in [0, 0.1) is 5.92 Å². The zero-order valence-corrected chi connectivity index (χ0v) is 12.6. The molecule has 20 heavy (non-hydrogen) atoms. The maximum absolute atomic E-state index is 4.60. The van der Waals surface area contributed by atoms with E-state index >= 15 is 0 Å². The molecule has 2 nitrogen and oxygen atoms in total. The molecular weight excluding hydrogens is 244 g/mol. The Morgan fingerprint density at radius 1 is 1.05 bits per heavy atom. The van der Waals surface area contributed by atoms with Gasteiger partial charge in [0.2, 0.25) is 0 Å². The number of hydrogen-bond donors (Lipinski definition) is 1. The number of benzene rings is 1. The van der Waals surface area contributed by atoms with Crippen LogP contribution in [-0.4, -0.2) is 17.8 Å². The molecule has 0 saturated carbocycles. The molecule has 106 valence electrons. The Morgan fingerprint density at radius 2 is 1.70 bits per heavy atom. The van der Waals surface area contributed by atoms with Crippen molar-refractivity contribution in [2.75, 3.05) is 0 Å². The van der Waals surface area contributed by atoms with E-state index in [0.717, 1.165) is 17.3 Å². The van der Waals surface area contributed by atoms with Gasteiger partial charge in [-0.05, 0) is 43.5 Å². The van der Waals surface area contributed by atoms with Crippen LogP contribution >= 0.6 is 0 Å². The number of aliphatic imine (C=N–C) groups is 1. The standard InChI is InChI=1S/C18H24N2/c1-14(2)13-15(3)19-17-9-11-18(12-10-17)20-16-7-5-4-6-8-16/h4-12,14-15,17,19H,13H2,1-3H3. The van der Waals surface area contributed by atoms with E-state index in [1.165, 1.54) is 6.42 Å². The highest BCUT2D eigenvalue weighted by Gasteiger charge is 2.10. The fourth-order valence-electron chi connectivity index (χ4n) is 2.47. The van der Waals surface area contributed by atoms with E-state index in [1.54, 1.807) is 0 Å². The summed E-state index contributed by atoms with van der Waals surface area (Å²) in [5.74, 6) is 0.726. The number of allylic oxidation sites excluding steroid dienone is 2. The summed E-state index contributed by atoms with van der Waals surface area (Å²) in [5.41, 5.74) is 2.00. The molecule has 1 unspecified atom stereocenters. The third kappa shape index (κ3) is 4.78. The summed E-state index contributed by atoms with van der Waals surface area (Å²) < 4.78 is 0. The summed E-state index contributed by atoms with van der Waals surface area (Å²) in [7, 11) is 0. The highest BCUT2D eigenvalue weighted by atomic mass is 14.9. The predicted octanol–water partition coefficient (Wildman–Crippen LogP) is 4.28. The normalized spacial score (nSPS) is 19.4. The lowest BCUT2D eigenvalue weighted by Gasteiger charge is -2.21. The molecule has 0 saturated heterocycles. The zero-order valence-electron chi connectivity index (χ0n) is 12.6. The average Bonchev–Trinajstić information content (AvgIpc) is 2.41. The quantitative estimate of drug-likeness (QED) is 0.847. The molecule has 0 heterocycles. The molecule has 0 aromatic heterocycles. The van der Waals surface area contributed by atoms with Gasteiger partial charge < -0.3 is 5.32 Å². The van der Waals surface area contributed by atoms with Gasteiger partial charge in [0.1, 0.15) is 0 Å². The first-order valence-electron chi connectivity index (χ1n) is 7.39. The predicted molar refractivity (Wildman–Crippen MR) is 87.7 cm³/mol. The second kappa shape index (κ2) is 7.20. The van der Waals surface area contributed by atoms with Crippen molar-refractivity contribution in [3.8, 4) is 0 Å². The molecule has 0 bridgehead atoms. The number of rotatable bonds is 5. The molecule has 0 aliphatic heterocycles. The van der Waals surface area contributed by atoms with Crippen LogP contribution in [0.5, 0.6) is 0 Å². The second-order valence-electron chi connectivity index (χ2n) is 5.81. The van der Waals surface area contributed by atoms with Crippen molar-refractivity contribution in [2.45, 2.75) is 39.3 Å². The summed E-state index contributed by atoms with van der Waals surface area (Å²) in [6.07, 6.45) is 9.74. The Hall–Kier alpha value is -1.67. The van der Waals surface area contributed by atoms with Gasteiger partial charge >= 0.3 is 0 Å². The van der Waals surface area contributed by atoms with E-state index in [9.17, 15) is 0 Å². The minimum absolute atomic E-state index is 0.318.